The van der Waals surface area contributed by atoms with Crippen LogP contribution in [0.3, 0.4) is 0 Å². The number of benzene rings is 6. The number of aromatic nitrogens is 1. The lowest BCUT2D eigenvalue weighted by molar-refractivity contribution is 0.00578. The highest BCUT2D eigenvalue weighted by Crippen LogP contribution is 2.44. The zero-order valence-electron chi connectivity index (χ0n) is 26.7. The summed E-state index contributed by atoms with van der Waals surface area (Å²) in [5.41, 5.74) is 10.7. The second-order valence-corrected chi connectivity index (χ2v) is 13.2. The lowest BCUT2D eigenvalue weighted by Gasteiger charge is -2.32. The Bertz CT molecular complexity index is 2190. The number of hydrogen-bond donors (Lipinski definition) is 0. The summed E-state index contributed by atoms with van der Waals surface area (Å²) in [7, 11) is -0.460. The molecule has 0 atom stereocenters. The second kappa shape index (κ2) is 10.9. The van der Waals surface area contributed by atoms with Gasteiger partial charge in [0.1, 0.15) is 0 Å². The third-order valence-corrected chi connectivity index (χ3v) is 9.84. The standard InChI is InChI=1S/C42H36BNO2/c1-41(2)42(3,4)46-43(45-41)33-23-24-37-38(28-33)44(34-22-14-21-32(27-34)29-15-8-5-9-16-29)40-36(31-19-12-7-13-20-31)26-25-35(39(37)40)30-17-10-6-11-18-30/h5-28H,1-4H3. The first kappa shape index (κ1) is 28.6. The van der Waals surface area contributed by atoms with E-state index in [1.807, 2.05) is 0 Å². The third-order valence-electron chi connectivity index (χ3n) is 9.84. The molecule has 6 aromatic carbocycles. The molecule has 0 amide bonds. The van der Waals surface area contributed by atoms with Gasteiger partial charge in [0, 0.05) is 22.0 Å². The number of rotatable bonds is 5. The molecule has 1 aromatic heterocycles. The normalized spacial score (nSPS) is 15.5. The molecule has 46 heavy (non-hydrogen) atoms. The zero-order valence-corrected chi connectivity index (χ0v) is 26.7. The van der Waals surface area contributed by atoms with Gasteiger partial charge in [-0.2, -0.15) is 0 Å². The quantitative estimate of drug-likeness (QED) is 0.184. The van der Waals surface area contributed by atoms with E-state index in [0.29, 0.717) is 0 Å². The van der Waals surface area contributed by atoms with E-state index < -0.39 is 18.3 Å². The predicted octanol–water partition coefficient (Wildman–Crippen LogP) is 10.1. The SMILES string of the molecule is CC1(C)OB(c2ccc3c4c(-c5ccccc5)ccc(-c5ccccc5)c4n(-c4cccc(-c5ccccc5)c4)c3c2)OC1(C)C. The highest BCUT2D eigenvalue weighted by atomic mass is 16.7. The minimum atomic E-state index is -0.460. The van der Waals surface area contributed by atoms with Crippen LogP contribution in [0.1, 0.15) is 27.7 Å². The molecule has 4 heteroatoms. The summed E-state index contributed by atoms with van der Waals surface area (Å²) in [4.78, 5) is 0. The van der Waals surface area contributed by atoms with Gasteiger partial charge in [0.2, 0.25) is 0 Å². The van der Waals surface area contributed by atoms with E-state index in [4.69, 9.17) is 9.31 Å². The number of fused-ring (bicyclic) bond motifs is 3. The molecular weight excluding hydrogens is 561 g/mol. The van der Waals surface area contributed by atoms with Gasteiger partial charge in [0.15, 0.2) is 0 Å². The van der Waals surface area contributed by atoms with Gasteiger partial charge in [-0.25, -0.2) is 0 Å². The fraction of sp³-hybridized carbons (Fsp3) is 0.143. The van der Waals surface area contributed by atoms with Gasteiger partial charge in [-0.1, -0.05) is 127 Å². The Labute approximate surface area is 271 Å². The molecule has 0 aliphatic carbocycles. The molecule has 1 saturated heterocycles. The van der Waals surface area contributed by atoms with Crippen molar-refractivity contribution in [2.75, 3.05) is 0 Å². The topological polar surface area (TPSA) is 23.4 Å². The van der Waals surface area contributed by atoms with Crippen LogP contribution in [0.4, 0.5) is 0 Å². The lowest BCUT2D eigenvalue weighted by atomic mass is 9.78. The van der Waals surface area contributed by atoms with Crippen molar-refractivity contribution in [1.82, 2.24) is 4.57 Å². The van der Waals surface area contributed by atoms with Gasteiger partial charge in [-0.05, 0) is 79.2 Å². The van der Waals surface area contributed by atoms with Crippen LogP contribution < -0.4 is 5.46 Å². The first-order valence-electron chi connectivity index (χ1n) is 16.0. The monoisotopic (exact) mass is 597 g/mol. The largest absolute Gasteiger partial charge is 0.494 e. The van der Waals surface area contributed by atoms with Gasteiger partial charge >= 0.3 is 7.12 Å². The van der Waals surface area contributed by atoms with Crippen LogP contribution in [0.2, 0.25) is 0 Å². The van der Waals surface area contributed by atoms with Crippen molar-refractivity contribution < 1.29 is 9.31 Å². The maximum atomic E-state index is 6.55. The molecule has 0 unspecified atom stereocenters. The molecular formula is C42H36BNO2. The van der Waals surface area contributed by atoms with Crippen molar-refractivity contribution in [2.45, 2.75) is 38.9 Å². The Morgan fingerprint density at radius 1 is 0.500 bits per heavy atom. The van der Waals surface area contributed by atoms with Gasteiger partial charge in [0.25, 0.3) is 0 Å². The summed E-state index contributed by atoms with van der Waals surface area (Å²) in [6, 6.07) is 52.2. The number of nitrogens with zero attached hydrogens (tertiary/aromatic N) is 1. The average molecular weight is 598 g/mol. The van der Waals surface area contributed by atoms with Gasteiger partial charge in [-0.15, -0.1) is 0 Å². The van der Waals surface area contributed by atoms with Crippen molar-refractivity contribution in [3.8, 4) is 39.1 Å². The van der Waals surface area contributed by atoms with Crippen molar-refractivity contribution >= 4 is 34.4 Å². The van der Waals surface area contributed by atoms with E-state index in [1.165, 1.54) is 49.7 Å². The summed E-state index contributed by atoms with van der Waals surface area (Å²) in [5, 5.41) is 2.42. The fourth-order valence-corrected chi connectivity index (χ4v) is 6.72. The molecule has 1 aliphatic heterocycles. The van der Waals surface area contributed by atoms with E-state index in [1.54, 1.807) is 0 Å². The Morgan fingerprint density at radius 2 is 1.04 bits per heavy atom. The molecule has 0 N–H and O–H groups in total. The minimum Gasteiger partial charge on any atom is -0.399 e. The van der Waals surface area contributed by atoms with Crippen molar-refractivity contribution in [3.63, 3.8) is 0 Å². The molecule has 0 radical (unpaired) electrons. The Hall–Kier alpha value is -4.90. The summed E-state index contributed by atoms with van der Waals surface area (Å²) in [6.07, 6.45) is 0. The van der Waals surface area contributed by atoms with E-state index in [0.717, 1.165) is 16.7 Å². The van der Waals surface area contributed by atoms with E-state index in [2.05, 4.69) is 178 Å². The van der Waals surface area contributed by atoms with E-state index >= 15 is 0 Å². The molecule has 0 bridgehead atoms. The van der Waals surface area contributed by atoms with E-state index in [-0.39, 0.29) is 0 Å². The first-order valence-corrected chi connectivity index (χ1v) is 16.0. The van der Waals surface area contributed by atoms with Crippen LogP contribution in [-0.2, 0) is 9.31 Å². The van der Waals surface area contributed by atoms with Crippen LogP contribution in [0.15, 0.2) is 146 Å². The summed E-state index contributed by atoms with van der Waals surface area (Å²) < 4.78 is 15.5. The van der Waals surface area contributed by atoms with Crippen LogP contribution in [0, 0.1) is 0 Å². The molecule has 1 fully saturated rings. The maximum absolute atomic E-state index is 6.55. The van der Waals surface area contributed by atoms with Crippen molar-refractivity contribution in [2.24, 2.45) is 0 Å². The molecule has 8 rings (SSSR count). The van der Waals surface area contributed by atoms with Crippen LogP contribution in [-0.4, -0.2) is 22.9 Å². The highest BCUT2D eigenvalue weighted by molar-refractivity contribution is 6.62. The Kier molecular flexibility index (Phi) is 6.75. The van der Waals surface area contributed by atoms with E-state index in [9.17, 15) is 0 Å². The smallest absolute Gasteiger partial charge is 0.399 e. The molecule has 0 saturated carbocycles. The van der Waals surface area contributed by atoms with Gasteiger partial charge in [0.05, 0.1) is 22.2 Å². The molecule has 1 aliphatic rings. The summed E-state index contributed by atoms with van der Waals surface area (Å²) in [6.45, 7) is 8.43. The van der Waals surface area contributed by atoms with Crippen molar-refractivity contribution in [1.29, 1.82) is 0 Å². The Balaban J connectivity index is 1.47. The van der Waals surface area contributed by atoms with Crippen molar-refractivity contribution in [3.05, 3.63) is 146 Å². The third kappa shape index (κ3) is 4.68. The minimum absolute atomic E-state index is 0.426. The van der Waals surface area contributed by atoms with Crippen LogP contribution in [0.5, 0.6) is 0 Å². The van der Waals surface area contributed by atoms with Crippen LogP contribution >= 0.6 is 0 Å². The molecule has 0 spiro atoms. The highest BCUT2D eigenvalue weighted by Gasteiger charge is 2.51. The zero-order chi connectivity index (χ0) is 31.5. The molecule has 3 nitrogen and oxygen atoms in total. The first-order chi connectivity index (χ1) is 22.3. The molecule has 7 aromatic rings. The fourth-order valence-electron chi connectivity index (χ4n) is 6.72. The van der Waals surface area contributed by atoms with Crippen LogP contribution in [0.25, 0.3) is 60.9 Å². The summed E-state index contributed by atoms with van der Waals surface area (Å²) in [5.74, 6) is 0. The molecule has 2 heterocycles. The summed E-state index contributed by atoms with van der Waals surface area (Å²) >= 11 is 0. The lowest BCUT2D eigenvalue weighted by Crippen LogP contribution is -2.41. The maximum Gasteiger partial charge on any atom is 0.494 e. The predicted molar refractivity (Wildman–Crippen MR) is 193 cm³/mol. The van der Waals surface area contributed by atoms with Gasteiger partial charge in [-0.3, -0.25) is 0 Å². The van der Waals surface area contributed by atoms with Gasteiger partial charge < -0.3 is 13.9 Å². The number of hydrogen-bond acceptors (Lipinski definition) is 2. The Morgan fingerprint density at radius 3 is 1.67 bits per heavy atom. The second-order valence-electron chi connectivity index (χ2n) is 13.2. The molecule has 224 valence electrons. The average Bonchev–Trinajstić information content (AvgIpc) is 3.54.